The molecule has 0 unspecified atom stereocenters. The molecule has 0 aromatic heterocycles. The van der Waals surface area contributed by atoms with E-state index in [1.165, 1.54) is 0 Å². The summed E-state index contributed by atoms with van der Waals surface area (Å²) < 4.78 is 12.1. The highest BCUT2D eigenvalue weighted by Crippen LogP contribution is 2.54. The molecular formula is C20H22O5. The van der Waals surface area contributed by atoms with Gasteiger partial charge in [0, 0.05) is 22.8 Å². The maximum absolute atomic E-state index is 10.3. The summed E-state index contributed by atoms with van der Waals surface area (Å²) in [5.41, 5.74) is 1.84. The average Bonchev–Trinajstić information content (AvgIpc) is 2.91. The van der Waals surface area contributed by atoms with E-state index in [1.807, 2.05) is 12.1 Å². The van der Waals surface area contributed by atoms with Crippen LogP contribution in [0, 0.1) is 0 Å². The fourth-order valence-electron chi connectivity index (χ4n) is 3.63. The first-order valence-corrected chi connectivity index (χ1v) is 8.53. The van der Waals surface area contributed by atoms with Crippen LogP contribution in [0.15, 0.2) is 30.3 Å². The number of hydrogen-bond acceptors (Lipinski definition) is 5. The third kappa shape index (κ3) is 2.78. The van der Waals surface area contributed by atoms with Crippen LogP contribution in [-0.4, -0.2) is 27.5 Å². The van der Waals surface area contributed by atoms with Crippen molar-refractivity contribution in [2.45, 2.75) is 44.3 Å². The van der Waals surface area contributed by atoms with E-state index in [-0.39, 0.29) is 23.5 Å². The zero-order valence-electron chi connectivity index (χ0n) is 14.3. The summed E-state index contributed by atoms with van der Waals surface area (Å²) >= 11 is 0. The summed E-state index contributed by atoms with van der Waals surface area (Å²) in [6.07, 6.45) is 0.861. The number of ether oxygens (including phenoxy) is 2. The largest absolute Gasteiger partial charge is 0.508 e. The minimum absolute atomic E-state index is 0.0496. The van der Waals surface area contributed by atoms with Crippen molar-refractivity contribution < 1.29 is 24.8 Å². The summed E-state index contributed by atoms with van der Waals surface area (Å²) in [4.78, 5) is 0. The normalized spacial score (nSPS) is 20.9. The first-order chi connectivity index (χ1) is 11.8. The zero-order chi connectivity index (χ0) is 17.8. The van der Waals surface area contributed by atoms with Gasteiger partial charge in [-0.1, -0.05) is 6.07 Å². The van der Waals surface area contributed by atoms with Crippen LogP contribution in [0.1, 0.15) is 49.0 Å². The summed E-state index contributed by atoms with van der Waals surface area (Å²) in [7, 11) is 0. The van der Waals surface area contributed by atoms with Gasteiger partial charge >= 0.3 is 0 Å². The van der Waals surface area contributed by atoms with Crippen LogP contribution in [0.3, 0.4) is 0 Å². The van der Waals surface area contributed by atoms with E-state index in [2.05, 4.69) is 0 Å². The molecule has 2 atom stereocenters. The number of aromatic hydroxyl groups is 2. The van der Waals surface area contributed by atoms with Crippen LogP contribution in [0.2, 0.25) is 0 Å². The molecule has 5 heteroatoms. The van der Waals surface area contributed by atoms with E-state index in [9.17, 15) is 15.3 Å². The maximum Gasteiger partial charge on any atom is 0.138 e. The number of fused-ring (bicyclic) bond motifs is 5. The van der Waals surface area contributed by atoms with Gasteiger partial charge in [0.05, 0.1) is 18.1 Å². The highest BCUT2D eigenvalue weighted by Gasteiger charge is 2.42. The lowest BCUT2D eigenvalue weighted by molar-refractivity contribution is 0.0709. The van der Waals surface area contributed by atoms with Crippen LogP contribution in [0.25, 0.3) is 0 Å². The third-order valence-electron chi connectivity index (χ3n) is 4.98. The Morgan fingerprint density at radius 3 is 2.64 bits per heavy atom. The lowest BCUT2D eigenvalue weighted by Gasteiger charge is -2.27. The summed E-state index contributed by atoms with van der Waals surface area (Å²) in [6, 6.07) is 8.63. The molecule has 0 saturated heterocycles. The highest BCUT2D eigenvalue weighted by molar-refractivity contribution is 5.57. The van der Waals surface area contributed by atoms with Crippen LogP contribution in [0.4, 0.5) is 0 Å². The Balaban J connectivity index is 1.71. The van der Waals surface area contributed by atoms with Gasteiger partial charge < -0.3 is 24.8 Å². The van der Waals surface area contributed by atoms with Gasteiger partial charge in [0.15, 0.2) is 0 Å². The average molecular weight is 342 g/mol. The number of hydrogen-bond donors (Lipinski definition) is 3. The lowest BCUT2D eigenvalue weighted by Crippen LogP contribution is -2.23. The van der Waals surface area contributed by atoms with Gasteiger partial charge in [-0.15, -0.1) is 0 Å². The van der Waals surface area contributed by atoms with E-state index >= 15 is 0 Å². The monoisotopic (exact) mass is 342 g/mol. The van der Waals surface area contributed by atoms with Gasteiger partial charge in [-0.3, -0.25) is 0 Å². The first-order valence-electron chi connectivity index (χ1n) is 8.53. The van der Waals surface area contributed by atoms with Crippen molar-refractivity contribution in [3.05, 3.63) is 47.0 Å². The molecule has 2 aliphatic heterocycles. The third-order valence-corrected chi connectivity index (χ3v) is 4.98. The molecule has 0 saturated carbocycles. The molecule has 0 bridgehead atoms. The number of phenolic OH excluding ortho intramolecular Hbond substituents is 2. The Morgan fingerprint density at radius 1 is 1.12 bits per heavy atom. The Hall–Kier alpha value is -2.40. The van der Waals surface area contributed by atoms with E-state index in [1.54, 1.807) is 32.0 Å². The second-order valence-corrected chi connectivity index (χ2v) is 7.47. The predicted molar refractivity (Wildman–Crippen MR) is 92.4 cm³/mol. The minimum atomic E-state index is -0.812. The van der Waals surface area contributed by atoms with Crippen LogP contribution in [-0.2, 0) is 6.42 Å². The number of rotatable bonds is 3. The molecule has 25 heavy (non-hydrogen) atoms. The minimum Gasteiger partial charge on any atom is -0.508 e. The maximum atomic E-state index is 10.3. The van der Waals surface area contributed by atoms with Crippen LogP contribution >= 0.6 is 0 Å². The SMILES string of the molecule is CC(C)(O)CCc1c(O)ccc2c1O[C@H]1c3ccc(O)cc3OC[C@@H]21. The summed E-state index contributed by atoms with van der Waals surface area (Å²) in [5, 5.41) is 30.0. The predicted octanol–water partition coefficient (Wildman–Crippen LogP) is 3.41. The van der Waals surface area contributed by atoms with Gasteiger partial charge in [-0.25, -0.2) is 0 Å². The fraction of sp³-hybridized carbons (Fsp3) is 0.400. The van der Waals surface area contributed by atoms with Crippen molar-refractivity contribution in [1.82, 2.24) is 0 Å². The second-order valence-electron chi connectivity index (χ2n) is 7.47. The van der Waals surface area contributed by atoms with Gasteiger partial charge in [0.2, 0.25) is 0 Å². The first kappa shape index (κ1) is 16.1. The number of phenols is 2. The van der Waals surface area contributed by atoms with E-state index < -0.39 is 5.60 Å². The van der Waals surface area contributed by atoms with Gasteiger partial charge in [-0.05, 0) is 44.9 Å². The van der Waals surface area contributed by atoms with Crippen molar-refractivity contribution in [2.24, 2.45) is 0 Å². The van der Waals surface area contributed by atoms with Crippen molar-refractivity contribution in [3.63, 3.8) is 0 Å². The number of benzene rings is 2. The second kappa shape index (κ2) is 5.56. The molecule has 5 nitrogen and oxygen atoms in total. The molecule has 2 aliphatic rings. The molecule has 132 valence electrons. The highest BCUT2D eigenvalue weighted by atomic mass is 16.5. The molecule has 0 amide bonds. The lowest BCUT2D eigenvalue weighted by atomic mass is 9.88. The molecule has 2 aromatic rings. The molecule has 0 radical (unpaired) electrons. The quantitative estimate of drug-likeness (QED) is 0.797. The Morgan fingerprint density at radius 2 is 1.88 bits per heavy atom. The molecule has 0 spiro atoms. The standard InChI is InChI=1S/C20H22O5/c1-20(2,23)8-7-13-16(22)6-5-12-15-10-24-17-9-11(21)3-4-14(17)19(15)25-18(12)13/h3-6,9,15,19,21-23H,7-8,10H2,1-2H3/t15-,19-/m0/s1. The Kier molecular flexibility index (Phi) is 3.58. The van der Waals surface area contributed by atoms with Crippen LogP contribution < -0.4 is 9.47 Å². The topological polar surface area (TPSA) is 79.2 Å². The van der Waals surface area contributed by atoms with E-state index in [4.69, 9.17) is 9.47 Å². The van der Waals surface area contributed by atoms with Crippen molar-refractivity contribution in [2.75, 3.05) is 6.61 Å². The molecule has 0 aliphatic carbocycles. The summed E-state index contributed by atoms with van der Waals surface area (Å²) in [5.74, 6) is 1.73. The van der Waals surface area contributed by atoms with Gasteiger partial charge in [0.1, 0.15) is 29.1 Å². The fourth-order valence-corrected chi connectivity index (χ4v) is 3.63. The smallest absolute Gasteiger partial charge is 0.138 e. The zero-order valence-corrected chi connectivity index (χ0v) is 14.3. The molecule has 2 aromatic carbocycles. The van der Waals surface area contributed by atoms with E-state index in [0.717, 1.165) is 16.7 Å². The molecular weight excluding hydrogens is 320 g/mol. The van der Waals surface area contributed by atoms with Crippen molar-refractivity contribution >= 4 is 0 Å². The van der Waals surface area contributed by atoms with E-state index in [0.29, 0.717) is 30.9 Å². The molecule has 2 heterocycles. The van der Waals surface area contributed by atoms with Gasteiger partial charge in [-0.2, -0.15) is 0 Å². The van der Waals surface area contributed by atoms with Crippen molar-refractivity contribution in [1.29, 1.82) is 0 Å². The van der Waals surface area contributed by atoms with Gasteiger partial charge in [0.25, 0.3) is 0 Å². The van der Waals surface area contributed by atoms with Crippen molar-refractivity contribution in [3.8, 4) is 23.0 Å². The molecule has 3 N–H and O–H groups in total. The number of aliphatic hydroxyl groups is 1. The summed E-state index contributed by atoms with van der Waals surface area (Å²) in [6.45, 7) is 3.97. The Labute approximate surface area is 146 Å². The Bertz CT molecular complexity index is 822. The molecule has 4 rings (SSSR count). The molecule has 0 fully saturated rings. The van der Waals surface area contributed by atoms with Crippen LogP contribution in [0.5, 0.6) is 23.0 Å².